The first-order valence-corrected chi connectivity index (χ1v) is 4.90. The molecule has 0 amide bonds. The van der Waals surface area contributed by atoms with Gasteiger partial charge < -0.3 is 5.32 Å². The number of rotatable bonds is 2. The molecule has 1 heterocycles. The van der Waals surface area contributed by atoms with E-state index in [4.69, 9.17) is 16.9 Å². The molecule has 1 N–H and O–H groups in total. The molecule has 0 aliphatic carbocycles. The molecule has 0 saturated carbocycles. The van der Waals surface area contributed by atoms with Crippen LogP contribution in [-0.4, -0.2) is 9.97 Å². The van der Waals surface area contributed by atoms with E-state index in [-0.39, 0.29) is 0 Å². The third-order valence-electron chi connectivity index (χ3n) is 1.88. The molecule has 0 aliphatic heterocycles. The van der Waals surface area contributed by atoms with Crippen LogP contribution >= 0.6 is 11.6 Å². The zero-order valence-electron chi connectivity index (χ0n) is 8.18. The number of hydrogen-bond acceptors (Lipinski definition) is 4. The van der Waals surface area contributed by atoms with E-state index in [2.05, 4.69) is 15.3 Å². The van der Waals surface area contributed by atoms with E-state index >= 15 is 0 Å². The second-order valence-corrected chi connectivity index (χ2v) is 3.47. The molecule has 0 bridgehead atoms. The molecule has 0 unspecified atom stereocenters. The van der Waals surface area contributed by atoms with E-state index in [1.54, 1.807) is 12.1 Å². The van der Waals surface area contributed by atoms with Gasteiger partial charge in [-0.25, -0.2) is 9.97 Å². The SMILES string of the molecule is N#Cc1cnc(Nc2ccc(Cl)cc2)cn1. The van der Waals surface area contributed by atoms with Crippen LogP contribution in [0, 0.1) is 11.3 Å². The van der Waals surface area contributed by atoms with Gasteiger partial charge in [0.1, 0.15) is 11.9 Å². The van der Waals surface area contributed by atoms with Crippen molar-refractivity contribution in [1.82, 2.24) is 9.97 Å². The lowest BCUT2D eigenvalue weighted by Crippen LogP contribution is -1.95. The van der Waals surface area contributed by atoms with E-state index in [1.165, 1.54) is 12.4 Å². The van der Waals surface area contributed by atoms with Crippen LogP contribution in [-0.2, 0) is 0 Å². The number of nitrogens with zero attached hydrogens (tertiary/aromatic N) is 3. The summed E-state index contributed by atoms with van der Waals surface area (Å²) in [6, 6.07) is 9.14. The first-order chi connectivity index (χ1) is 7.78. The van der Waals surface area contributed by atoms with Gasteiger partial charge in [0.15, 0.2) is 5.69 Å². The highest BCUT2D eigenvalue weighted by molar-refractivity contribution is 6.30. The highest BCUT2D eigenvalue weighted by Gasteiger charge is 1.97. The van der Waals surface area contributed by atoms with Gasteiger partial charge in [0.2, 0.25) is 0 Å². The van der Waals surface area contributed by atoms with Crippen LogP contribution in [0.4, 0.5) is 11.5 Å². The van der Waals surface area contributed by atoms with E-state index in [1.807, 2.05) is 18.2 Å². The van der Waals surface area contributed by atoms with Crippen molar-refractivity contribution in [2.45, 2.75) is 0 Å². The van der Waals surface area contributed by atoms with Gasteiger partial charge in [-0.15, -0.1) is 0 Å². The highest BCUT2D eigenvalue weighted by atomic mass is 35.5. The average molecular weight is 231 g/mol. The maximum Gasteiger partial charge on any atom is 0.158 e. The fourth-order valence-electron chi connectivity index (χ4n) is 1.13. The molecular weight excluding hydrogens is 224 g/mol. The third kappa shape index (κ3) is 2.47. The van der Waals surface area contributed by atoms with Crippen molar-refractivity contribution < 1.29 is 0 Å². The molecule has 2 rings (SSSR count). The van der Waals surface area contributed by atoms with Crippen molar-refractivity contribution in [3.05, 3.63) is 47.4 Å². The van der Waals surface area contributed by atoms with Crippen LogP contribution in [0.25, 0.3) is 0 Å². The summed E-state index contributed by atoms with van der Waals surface area (Å²) in [6.07, 6.45) is 2.92. The summed E-state index contributed by atoms with van der Waals surface area (Å²) in [4.78, 5) is 7.94. The van der Waals surface area contributed by atoms with Crippen molar-refractivity contribution in [1.29, 1.82) is 5.26 Å². The second-order valence-electron chi connectivity index (χ2n) is 3.03. The molecule has 0 spiro atoms. The van der Waals surface area contributed by atoms with Crippen molar-refractivity contribution in [2.24, 2.45) is 0 Å². The lowest BCUT2D eigenvalue weighted by atomic mass is 10.3. The zero-order valence-corrected chi connectivity index (χ0v) is 8.94. The van der Waals surface area contributed by atoms with Gasteiger partial charge in [-0.2, -0.15) is 5.26 Å². The molecule has 0 atom stereocenters. The Labute approximate surface area is 97.5 Å². The summed E-state index contributed by atoms with van der Waals surface area (Å²) in [5.41, 5.74) is 1.16. The molecule has 4 nitrogen and oxygen atoms in total. The minimum absolute atomic E-state index is 0.293. The molecule has 78 valence electrons. The van der Waals surface area contributed by atoms with Crippen LogP contribution in [0.1, 0.15) is 5.69 Å². The van der Waals surface area contributed by atoms with E-state index in [0.717, 1.165) is 5.69 Å². The Bertz CT molecular complexity index is 513. The smallest absolute Gasteiger partial charge is 0.158 e. The quantitative estimate of drug-likeness (QED) is 0.862. The molecule has 0 saturated heterocycles. The third-order valence-corrected chi connectivity index (χ3v) is 2.13. The minimum Gasteiger partial charge on any atom is -0.339 e. The molecule has 0 aliphatic rings. The number of halogens is 1. The standard InChI is InChI=1S/C11H7ClN4/c12-8-1-3-9(4-2-8)16-11-7-14-10(5-13)6-15-11/h1-4,6-7H,(H,15,16). The molecule has 2 aromatic rings. The van der Waals surface area contributed by atoms with Gasteiger partial charge in [-0.05, 0) is 24.3 Å². The Kier molecular flexibility index (Phi) is 2.99. The van der Waals surface area contributed by atoms with Crippen LogP contribution in [0.2, 0.25) is 5.02 Å². The molecule has 0 fully saturated rings. The van der Waals surface area contributed by atoms with E-state index < -0.39 is 0 Å². The Balaban J connectivity index is 2.15. The Hall–Kier alpha value is -2.12. The van der Waals surface area contributed by atoms with E-state index in [0.29, 0.717) is 16.5 Å². The Morgan fingerprint density at radius 2 is 1.88 bits per heavy atom. The monoisotopic (exact) mass is 230 g/mol. The van der Waals surface area contributed by atoms with Gasteiger partial charge in [0.05, 0.1) is 12.4 Å². The molecule has 0 radical (unpaired) electrons. The largest absolute Gasteiger partial charge is 0.339 e. The highest BCUT2D eigenvalue weighted by Crippen LogP contribution is 2.16. The number of nitrogens with one attached hydrogen (secondary N) is 1. The predicted octanol–water partition coefficient (Wildman–Crippen LogP) is 2.75. The van der Waals surface area contributed by atoms with Gasteiger partial charge in [0, 0.05) is 10.7 Å². The van der Waals surface area contributed by atoms with Crippen molar-refractivity contribution >= 4 is 23.1 Å². The summed E-state index contributed by atoms with van der Waals surface area (Å²) < 4.78 is 0. The van der Waals surface area contributed by atoms with Gasteiger partial charge in [-0.3, -0.25) is 0 Å². The average Bonchev–Trinajstić information content (AvgIpc) is 2.33. The zero-order chi connectivity index (χ0) is 11.4. The second kappa shape index (κ2) is 4.60. The lowest BCUT2D eigenvalue weighted by Gasteiger charge is -2.04. The fraction of sp³-hybridized carbons (Fsp3) is 0. The number of benzene rings is 1. The summed E-state index contributed by atoms with van der Waals surface area (Å²) >= 11 is 5.76. The van der Waals surface area contributed by atoms with Crippen molar-refractivity contribution in [2.75, 3.05) is 5.32 Å². The molecule has 1 aromatic carbocycles. The normalized spacial score (nSPS) is 9.50. The lowest BCUT2D eigenvalue weighted by molar-refractivity contribution is 1.16. The summed E-state index contributed by atoms with van der Waals surface area (Å²) in [5.74, 6) is 0.585. The molecular formula is C11H7ClN4. The van der Waals surface area contributed by atoms with Crippen LogP contribution in [0.5, 0.6) is 0 Å². The first kappa shape index (κ1) is 10.4. The topological polar surface area (TPSA) is 61.6 Å². The van der Waals surface area contributed by atoms with Gasteiger partial charge >= 0.3 is 0 Å². The van der Waals surface area contributed by atoms with Gasteiger partial charge in [0.25, 0.3) is 0 Å². The Morgan fingerprint density at radius 3 is 2.44 bits per heavy atom. The molecule has 16 heavy (non-hydrogen) atoms. The minimum atomic E-state index is 0.293. The van der Waals surface area contributed by atoms with Crippen molar-refractivity contribution in [3.63, 3.8) is 0 Å². The summed E-state index contributed by atoms with van der Waals surface area (Å²) in [6.45, 7) is 0. The molecule has 5 heteroatoms. The van der Waals surface area contributed by atoms with Crippen LogP contribution in [0.3, 0.4) is 0 Å². The maximum atomic E-state index is 8.56. The van der Waals surface area contributed by atoms with E-state index in [9.17, 15) is 0 Å². The number of hydrogen-bond donors (Lipinski definition) is 1. The Morgan fingerprint density at radius 1 is 1.12 bits per heavy atom. The van der Waals surface area contributed by atoms with Gasteiger partial charge in [-0.1, -0.05) is 11.6 Å². The fourth-order valence-corrected chi connectivity index (χ4v) is 1.26. The summed E-state index contributed by atoms with van der Waals surface area (Å²) in [7, 11) is 0. The molecule has 1 aromatic heterocycles. The number of nitriles is 1. The number of aromatic nitrogens is 2. The summed E-state index contributed by atoms with van der Waals surface area (Å²) in [5, 5.41) is 12.3. The first-order valence-electron chi connectivity index (χ1n) is 4.52. The maximum absolute atomic E-state index is 8.56. The van der Waals surface area contributed by atoms with Crippen LogP contribution < -0.4 is 5.32 Å². The van der Waals surface area contributed by atoms with Crippen molar-refractivity contribution in [3.8, 4) is 6.07 Å². The predicted molar refractivity (Wildman–Crippen MR) is 61.5 cm³/mol. The number of anilines is 2. The van der Waals surface area contributed by atoms with Crippen LogP contribution in [0.15, 0.2) is 36.7 Å².